The van der Waals surface area contributed by atoms with Gasteiger partial charge in [-0.3, -0.25) is 9.59 Å². The largest absolute Gasteiger partial charge is 0.470 e. The Morgan fingerprint density at radius 1 is 1.40 bits per heavy atom. The first kappa shape index (κ1) is 17.0. The molecular weight excluding hydrogens is 329 g/mol. The molecule has 1 unspecified atom stereocenters. The molecule has 0 N–H and O–H groups in total. The Morgan fingerprint density at radius 3 is 2.92 bits per heavy atom. The van der Waals surface area contributed by atoms with E-state index in [1.807, 2.05) is 0 Å². The van der Waals surface area contributed by atoms with Crippen LogP contribution in [0.5, 0.6) is 5.88 Å². The maximum Gasteiger partial charge on any atom is 0.274 e. The topological polar surface area (TPSA) is 90.2 Å². The highest BCUT2D eigenvalue weighted by molar-refractivity contribution is 5.92. The lowest BCUT2D eigenvalue weighted by atomic mass is 10.3. The average molecular weight is 347 g/mol. The summed E-state index contributed by atoms with van der Waals surface area (Å²) < 4.78 is 20.9. The summed E-state index contributed by atoms with van der Waals surface area (Å²) in [5, 5.41) is 3.95. The fourth-order valence-electron chi connectivity index (χ4n) is 2.66. The van der Waals surface area contributed by atoms with Gasteiger partial charge in [-0.05, 0) is 12.5 Å². The minimum atomic E-state index is -0.561. The molecule has 0 radical (unpaired) electrons. The van der Waals surface area contributed by atoms with Crippen LogP contribution >= 0.6 is 0 Å². The number of rotatable bonds is 4. The molecule has 1 amide bonds. The Morgan fingerprint density at radius 2 is 2.20 bits per heavy atom. The van der Waals surface area contributed by atoms with Crippen LogP contribution in [0.15, 0.2) is 23.3 Å². The molecule has 3 heterocycles. The number of amides is 1. The van der Waals surface area contributed by atoms with Crippen molar-refractivity contribution in [2.75, 3.05) is 13.1 Å². The molecule has 132 valence electrons. The minimum Gasteiger partial charge on any atom is -0.470 e. The van der Waals surface area contributed by atoms with Crippen LogP contribution in [0, 0.1) is 5.82 Å². The molecule has 1 atom stereocenters. The number of hydrogen-bond donors (Lipinski definition) is 0. The normalized spacial score (nSPS) is 16.9. The summed E-state index contributed by atoms with van der Waals surface area (Å²) in [5.74, 6) is -0.944. The summed E-state index contributed by atoms with van der Waals surface area (Å²) in [6, 6.07) is 2.70. The molecule has 25 heavy (non-hydrogen) atoms. The number of aromatic nitrogens is 4. The van der Waals surface area contributed by atoms with Crippen molar-refractivity contribution in [2.24, 2.45) is 7.05 Å². The first-order valence-corrected chi connectivity index (χ1v) is 7.99. The average Bonchev–Trinajstić information content (AvgIpc) is 3.07. The van der Waals surface area contributed by atoms with Crippen LogP contribution in [0.3, 0.4) is 0 Å². The Balaban J connectivity index is 1.68. The molecule has 9 heteroatoms. The second kappa shape index (κ2) is 6.96. The predicted molar refractivity (Wildman–Crippen MR) is 85.8 cm³/mol. The third kappa shape index (κ3) is 3.49. The van der Waals surface area contributed by atoms with Crippen molar-refractivity contribution in [1.82, 2.24) is 24.6 Å². The molecular formula is C16H18FN5O3. The van der Waals surface area contributed by atoms with E-state index in [2.05, 4.69) is 15.1 Å². The lowest BCUT2D eigenvalue weighted by Crippen LogP contribution is -2.33. The molecule has 0 aliphatic carbocycles. The number of hydrogen-bond acceptors (Lipinski definition) is 6. The fraction of sp³-hybridized carbons (Fsp3) is 0.438. The monoisotopic (exact) mass is 347 g/mol. The van der Waals surface area contributed by atoms with E-state index in [1.165, 1.54) is 25.5 Å². The van der Waals surface area contributed by atoms with Gasteiger partial charge in [0.15, 0.2) is 0 Å². The molecule has 3 rings (SSSR count). The summed E-state index contributed by atoms with van der Waals surface area (Å²) >= 11 is 0. The Labute approximate surface area is 143 Å². The second-order valence-electron chi connectivity index (χ2n) is 5.75. The summed E-state index contributed by atoms with van der Waals surface area (Å²) in [4.78, 5) is 33.1. The van der Waals surface area contributed by atoms with E-state index in [1.54, 1.807) is 11.8 Å². The molecule has 1 aliphatic rings. The number of carbonyl (C=O) groups excluding carboxylic acids is 1. The molecule has 1 aliphatic heterocycles. The third-order valence-corrected chi connectivity index (χ3v) is 4.05. The van der Waals surface area contributed by atoms with Crippen molar-refractivity contribution in [3.63, 3.8) is 0 Å². The maximum absolute atomic E-state index is 14.2. The number of nitrogens with zero attached hydrogens (tertiary/aromatic N) is 5. The van der Waals surface area contributed by atoms with E-state index in [0.717, 1.165) is 4.68 Å². The third-order valence-electron chi connectivity index (χ3n) is 4.05. The van der Waals surface area contributed by atoms with Gasteiger partial charge in [0.25, 0.3) is 17.3 Å². The predicted octanol–water partition coefficient (Wildman–Crippen LogP) is 0.565. The summed E-state index contributed by atoms with van der Waals surface area (Å²) in [5.41, 5.74) is 0.194. The summed E-state index contributed by atoms with van der Waals surface area (Å²) in [7, 11) is 1.48. The van der Waals surface area contributed by atoms with E-state index in [0.29, 0.717) is 31.6 Å². The van der Waals surface area contributed by atoms with Gasteiger partial charge in [-0.15, -0.1) is 0 Å². The molecule has 1 saturated heterocycles. The zero-order chi connectivity index (χ0) is 18.0. The zero-order valence-electron chi connectivity index (χ0n) is 14.0. The van der Waals surface area contributed by atoms with E-state index in [9.17, 15) is 14.0 Å². The van der Waals surface area contributed by atoms with Gasteiger partial charge in [0.05, 0.1) is 12.2 Å². The number of halogens is 1. The van der Waals surface area contributed by atoms with Crippen LogP contribution < -0.4 is 10.3 Å². The van der Waals surface area contributed by atoms with E-state index < -0.39 is 5.82 Å². The highest BCUT2D eigenvalue weighted by Crippen LogP contribution is 2.21. The van der Waals surface area contributed by atoms with Crippen LogP contribution in [0.25, 0.3) is 0 Å². The highest BCUT2D eigenvalue weighted by Gasteiger charge is 2.30. The summed E-state index contributed by atoms with van der Waals surface area (Å²) in [6.45, 7) is 2.56. The lowest BCUT2D eigenvalue weighted by Gasteiger charge is -2.17. The quantitative estimate of drug-likeness (QED) is 0.803. The zero-order valence-corrected chi connectivity index (χ0v) is 14.0. The first-order valence-electron chi connectivity index (χ1n) is 7.99. The van der Waals surface area contributed by atoms with Gasteiger partial charge >= 0.3 is 0 Å². The SMILES string of the molecule is CCc1ncnc(OC2CCN(C(=O)c3ccc(=O)n(C)n3)C2)c1F. The number of likely N-dealkylation sites (tertiary alicyclic amines) is 1. The minimum absolute atomic E-state index is 0.0913. The van der Waals surface area contributed by atoms with Crippen molar-refractivity contribution in [2.45, 2.75) is 25.9 Å². The van der Waals surface area contributed by atoms with Crippen molar-refractivity contribution < 1.29 is 13.9 Å². The molecule has 0 bridgehead atoms. The Bertz CT molecular complexity index is 854. The first-order chi connectivity index (χ1) is 12.0. The van der Waals surface area contributed by atoms with Crippen LogP contribution in [0.2, 0.25) is 0 Å². The van der Waals surface area contributed by atoms with Gasteiger partial charge in [0.1, 0.15) is 18.1 Å². The van der Waals surface area contributed by atoms with Crippen LogP contribution in [0.1, 0.15) is 29.5 Å². The van der Waals surface area contributed by atoms with Crippen molar-refractivity contribution in [3.05, 3.63) is 46.0 Å². The van der Waals surface area contributed by atoms with Gasteiger partial charge in [-0.1, -0.05) is 6.92 Å². The fourth-order valence-corrected chi connectivity index (χ4v) is 2.66. The van der Waals surface area contributed by atoms with E-state index >= 15 is 0 Å². The number of carbonyl (C=O) groups is 1. The van der Waals surface area contributed by atoms with E-state index in [4.69, 9.17) is 4.74 Å². The molecule has 2 aromatic heterocycles. The highest BCUT2D eigenvalue weighted by atomic mass is 19.1. The molecule has 0 aromatic carbocycles. The standard InChI is InChI=1S/C16H18FN5O3/c1-3-11-14(17)15(19-9-18-11)25-10-6-7-22(8-10)16(24)12-4-5-13(23)21(2)20-12/h4-5,9-10H,3,6-8H2,1-2H3. The lowest BCUT2D eigenvalue weighted by molar-refractivity contribution is 0.0761. The Kier molecular flexibility index (Phi) is 4.73. The number of ether oxygens (including phenoxy) is 1. The molecule has 8 nitrogen and oxygen atoms in total. The number of aryl methyl sites for hydroxylation is 2. The van der Waals surface area contributed by atoms with Crippen molar-refractivity contribution >= 4 is 5.91 Å². The molecule has 0 spiro atoms. The van der Waals surface area contributed by atoms with Gasteiger partial charge in [-0.25, -0.2) is 9.67 Å². The Hall–Kier alpha value is -2.84. The van der Waals surface area contributed by atoms with Gasteiger partial charge < -0.3 is 9.64 Å². The second-order valence-corrected chi connectivity index (χ2v) is 5.75. The maximum atomic E-state index is 14.2. The molecule has 1 fully saturated rings. The summed E-state index contributed by atoms with van der Waals surface area (Å²) in [6.07, 6.45) is 1.91. The van der Waals surface area contributed by atoms with Crippen molar-refractivity contribution in [3.8, 4) is 5.88 Å². The van der Waals surface area contributed by atoms with E-state index in [-0.39, 0.29) is 29.1 Å². The molecule has 2 aromatic rings. The van der Waals surface area contributed by atoms with Gasteiger partial charge in [-0.2, -0.15) is 14.5 Å². The van der Waals surface area contributed by atoms with Gasteiger partial charge in [0.2, 0.25) is 5.82 Å². The van der Waals surface area contributed by atoms with Crippen LogP contribution in [-0.2, 0) is 13.5 Å². The molecule has 0 saturated carbocycles. The van der Waals surface area contributed by atoms with Crippen LogP contribution in [-0.4, -0.2) is 49.7 Å². The van der Waals surface area contributed by atoms with Gasteiger partial charge in [0, 0.05) is 26.1 Å². The smallest absolute Gasteiger partial charge is 0.274 e. The van der Waals surface area contributed by atoms with Crippen LogP contribution in [0.4, 0.5) is 4.39 Å². The van der Waals surface area contributed by atoms with Crippen molar-refractivity contribution in [1.29, 1.82) is 0 Å².